The minimum absolute atomic E-state index is 0.414. The number of piperidine rings is 1. The molecule has 1 aromatic rings. The number of rotatable bonds is 3. The van der Waals surface area contributed by atoms with Crippen LogP contribution < -0.4 is 0 Å². The maximum atomic E-state index is 8.83. The lowest BCUT2D eigenvalue weighted by molar-refractivity contribution is 0.193. The fourth-order valence-electron chi connectivity index (χ4n) is 2.46. The predicted molar refractivity (Wildman–Crippen MR) is 69.3 cm³/mol. The SMILES string of the molecule is CC(=NO)C1CCCN(Cc2ccccc2)C1. The van der Waals surface area contributed by atoms with E-state index in [0.717, 1.165) is 31.8 Å². The zero-order valence-corrected chi connectivity index (χ0v) is 10.3. The number of hydrogen-bond donors (Lipinski definition) is 1. The number of hydrogen-bond acceptors (Lipinski definition) is 3. The average Bonchev–Trinajstić information content (AvgIpc) is 2.39. The predicted octanol–water partition coefficient (Wildman–Crippen LogP) is 2.75. The summed E-state index contributed by atoms with van der Waals surface area (Å²) in [5, 5.41) is 12.2. The van der Waals surface area contributed by atoms with Crippen molar-refractivity contribution in [1.29, 1.82) is 0 Å². The lowest BCUT2D eigenvalue weighted by Gasteiger charge is -2.32. The van der Waals surface area contributed by atoms with Crippen LogP contribution in [0.3, 0.4) is 0 Å². The molecule has 0 radical (unpaired) electrons. The summed E-state index contributed by atoms with van der Waals surface area (Å²) in [5.74, 6) is 0.414. The van der Waals surface area contributed by atoms with E-state index in [4.69, 9.17) is 5.21 Å². The van der Waals surface area contributed by atoms with E-state index in [0.29, 0.717) is 5.92 Å². The third-order valence-corrected chi connectivity index (χ3v) is 3.50. The fraction of sp³-hybridized carbons (Fsp3) is 0.500. The summed E-state index contributed by atoms with van der Waals surface area (Å²) in [6, 6.07) is 10.5. The highest BCUT2D eigenvalue weighted by atomic mass is 16.4. The molecule has 0 saturated carbocycles. The van der Waals surface area contributed by atoms with Crippen molar-refractivity contribution in [3.63, 3.8) is 0 Å². The van der Waals surface area contributed by atoms with Gasteiger partial charge < -0.3 is 5.21 Å². The molecule has 1 saturated heterocycles. The maximum absolute atomic E-state index is 8.83. The monoisotopic (exact) mass is 232 g/mol. The summed E-state index contributed by atoms with van der Waals surface area (Å²) in [4.78, 5) is 2.44. The minimum atomic E-state index is 0.414. The van der Waals surface area contributed by atoms with E-state index in [1.54, 1.807) is 0 Å². The Bertz CT molecular complexity index is 375. The highest BCUT2D eigenvalue weighted by molar-refractivity contribution is 5.84. The molecule has 1 fully saturated rings. The van der Waals surface area contributed by atoms with Crippen molar-refractivity contribution < 1.29 is 5.21 Å². The molecule has 1 N–H and O–H groups in total. The largest absolute Gasteiger partial charge is 0.411 e. The van der Waals surface area contributed by atoms with Crippen LogP contribution in [0.5, 0.6) is 0 Å². The van der Waals surface area contributed by atoms with Gasteiger partial charge in [-0.25, -0.2) is 0 Å². The second kappa shape index (κ2) is 5.82. The van der Waals surface area contributed by atoms with Gasteiger partial charge in [0.2, 0.25) is 0 Å². The van der Waals surface area contributed by atoms with Crippen molar-refractivity contribution in [2.24, 2.45) is 11.1 Å². The molecule has 17 heavy (non-hydrogen) atoms. The van der Waals surface area contributed by atoms with Crippen molar-refractivity contribution in [3.8, 4) is 0 Å². The zero-order chi connectivity index (χ0) is 12.1. The Labute approximate surface area is 103 Å². The van der Waals surface area contributed by atoms with E-state index >= 15 is 0 Å². The second-order valence-electron chi connectivity index (χ2n) is 4.80. The molecule has 3 heteroatoms. The van der Waals surface area contributed by atoms with Crippen molar-refractivity contribution >= 4 is 5.71 Å². The van der Waals surface area contributed by atoms with Crippen molar-refractivity contribution in [2.45, 2.75) is 26.3 Å². The normalized spacial score (nSPS) is 22.6. The maximum Gasteiger partial charge on any atom is 0.0583 e. The van der Waals surface area contributed by atoms with Crippen molar-refractivity contribution in [2.75, 3.05) is 13.1 Å². The van der Waals surface area contributed by atoms with E-state index < -0.39 is 0 Å². The van der Waals surface area contributed by atoms with Crippen LogP contribution in [-0.4, -0.2) is 28.9 Å². The van der Waals surface area contributed by atoms with Crippen LogP contribution in [0.1, 0.15) is 25.3 Å². The highest BCUT2D eigenvalue weighted by Crippen LogP contribution is 2.19. The first-order valence-corrected chi connectivity index (χ1v) is 6.24. The highest BCUT2D eigenvalue weighted by Gasteiger charge is 2.22. The minimum Gasteiger partial charge on any atom is -0.411 e. The lowest BCUT2D eigenvalue weighted by atomic mass is 9.94. The summed E-state index contributed by atoms with van der Waals surface area (Å²) in [6.45, 7) is 5.06. The Morgan fingerprint density at radius 3 is 2.88 bits per heavy atom. The molecular formula is C14H20N2O. The van der Waals surface area contributed by atoms with Crippen LogP contribution >= 0.6 is 0 Å². The van der Waals surface area contributed by atoms with E-state index in [9.17, 15) is 0 Å². The van der Waals surface area contributed by atoms with Gasteiger partial charge in [-0.2, -0.15) is 0 Å². The standard InChI is InChI=1S/C14H20N2O/c1-12(15-17)14-8-5-9-16(11-14)10-13-6-3-2-4-7-13/h2-4,6-7,14,17H,5,8-11H2,1H3. The van der Waals surface area contributed by atoms with E-state index in [1.807, 2.05) is 13.0 Å². The molecule has 3 nitrogen and oxygen atoms in total. The quantitative estimate of drug-likeness (QED) is 0.494. The Morgan fingerprint density at radius 2 is 2.18 bits per heavy atom. The number of benzene rings is 1. The van der Waals surface area contributed by atoms with E-state index in [2.05, 4.69) is 34.3 Å². The Morgan fingerprint density at radius 1 is 1.41 bits per heavy atom. The van der Waals surface area contributed by atoms with Gasteiger partial charge in [-0.15, -0.1) is 0 Å². The van der Waals surface area contributed by atoms with Gasteiger partial charge in [-0.05, 0) is 31.9 Å². The molecule has 1 unspecified atom stereocenters. The lowest BCUT2D eigenvalue weighted by Crippen LogP contribution is -2.37. The van der Waals surface area contributed by atoms with Crippen LogP contribution in [0.15, 0.2) is 35.5 Å². The summed E-state index contributed by atoms with van der Waals surface area (Å²) in [7, 11) is 0. The van der Waals surface area contributed by atoms with Gasteiger partial charge in [-0.3, -0.25) is 4.90 Å². The average molecular weight is 232 g/mol. The van der Waals surface area contributed by atoms with Crippen LogP contribution in [-0.2, 0) is 6.54 Å². The Balaban J connectivity index is 1.94. The van der Waals surface area contributed by atoms with Crippen LogP contribution in [0.2, 0.25) is 0 Å². The molecule has 0 aliphatic carbocycles. The van der Waals surface area contributed by atoms with E-state index in [-0.39, 0.29) is 0 Å². The molecule has 2 rings (SSSR count). The molecule has 1 aromatic carbocycles. The molecule has 92 valence electrons. The first-order chi connectivity index (χ1) is 8.29. The van der Waals surface area contributed by atoms with Gasteiger partial charge in [0.05, 0.1) is 5.71 Å². The molecular weight excluding hydrogens is 212 g/mol. The van der Waals surface area contributed by atoms with Crippen LogP contribution in [0, 0.1) is 5.92 Å². The third kappa shape index (κ3) is 3.30. The summed E-state index contributed by atoms with van der Waals surface area (Å²) < 4.78 is 0. The second-order valence-corrected chi connectivity index (χ2v) is 4.80. The first kappa shape index (κ1) is 12.1. The topological polar surface area (TPSA) is 35.8 Å². The van der Waals surface area contributed by atoms with Crippen molar-refractivity contribution in [1.82, 2.24) is 4.90 Å². The van der Waals surface area contributed by atoms with Crippen LogP contribution in [0.25, 0.3) is 0 Å². The molecule has 0 bridgehead atoms. The molecule has 0 amide bonds. The number of nitrogens with zero attached hydrogens (tertiary/aromatic N) is 2. The van der Waals surface area contributed by atoms with Gasteiger partial charge in [0.25, 0.3) is 0 Å². The summed E-state index contributed by atoms with van der Waals surface area (Å²) in [6.07, 6.45) is 2.32. The molecule has 1 aliphatic rings. The summed E-state index contributed by atoms with van der Waals surface area (Å²) >= 11 is 0. The van der Waals surface area contributed by atoms with Crippen LogP contribution in [0.4, 0.5) is 0 Å². The number of oxime groups is 1. The van der Waals surface area contributed by atoms with Crippen molar-refractivity contribution in [3.05, 3.63) is 35.9 Å². The summed E-state index contributed by atoms with van der Waals surface area (Å²) in [5.41, 5.74) is 2.22. The third-order valence-electron chi connectivity index (χ3n) is 3.50. The van der Waals surface area contributed by atoms with E-state index in [1.165, 1.54) is 12.0 Å². The van der Waals surface area contributed by atoms with Gasteiger partial charge >= 0.3 is 0 Å². The smallest absolute Gasteiger partial charge is 0.0583 e. The van der Waals surface area contributed by atoms with Gasteiger partial charge in [0.15, 0.2) is 0 Å². The fourth-order valence-corrected chi connectivity index (χ4v) is 2.46. The van der Waals surface area contributed by atoms with Gasteiger partial charge in [-0.1, -0.05) is 35.5 Å². The Kier molecular flexibility index (Phi) is 4.15. The molecule has 0 aromatic heterocycles. The first-order valence-electron chi connectivity index (χ1n) is 6.24. The Hall–Kier alpha value is -1.35. The molecule has 1 atom stereocenters. The number of likely N-dealkylation sites (tertiary alicyclic amines) is 1. The molecule has 1 aliphatic heterocycles. The van der Waals surface area contributed by atoms with Gasteiger partial charge in [0.1, 0.15) is 0 Å². The molecule has 1 heterocycles. The molecule has 0 spiro atoms. The zero-order valence-electron chi connectivity index (χ0n) is 10.3. The van der Waals surface area contributed by atoms with Gasteiger partial charge in [0, 0.05) is 19.0 Å².